The van der Waals surface area contributed by atoms with Gasteiger partial charge < -0.3 is 20.1 Å². The van der Waals surface area contributed by atoms with Crippen molar-refractivity contribution in [3.8, 4) is 5.75 Å². The van der Waals surface area contributed by atoms with E-state index in [4.69, 9.17) is 9.47 Å². The molecule has 2 rings (SSSR count). The summed E-state index contributed by atoms with van der Waals surface area (Å²) < 4.78 is 11.2. The number of hydrogen-bond donors (Lipinski definition) is 2. The van der Waals surface area contributed by atoms with Crippen LogP contribution in [0.2, 0.25) is 0 Å². The minimum atomic E-state index is 0.325. The highest BCUT2D eigenvalue weighted by molar-refractivity contribution is 5.79. The fourth-order valence-corrected chi connectivity index (χ4v) is 3.37. The van der Waals surface area contributed by atoms with Gasteiger partial charge >= 0.3 is 0 Å². The summed E-state index contributed by atoms with van der Waals surface area (Å²) >= 11 is 0. The van der Waals surface area contributed by atoms with Gasteiger partial charge in [-0.1, -0.05) is 12.1 Å². The quantitative estimate of drug-likeness (QED) is 0.442. The molecule has 2 atom stereocenters. The van der Waals surface area contributed by atoms with E-state index in [0.717, 1.165) is 49.9 Å². The van der Waals surface area contributed by atoms with Crippen LogP contribution in [-0.2, 0) is 11.3 Å². The van der Waals surface area contributed by atoms with Crippen LogP contribution in [0.15, 0.2) is 23.2 Å². The zero-order chi connectivity index (χ0) is 18.9. The lowest BCUT2D eigenvalue weighted by atomic mass is 10.1. The lowest BCUT2D eigenvalue weighted by Crippen LogP contribution is -2.46. The summed E-state index contributed by atoms with van der Waals surface area (Å²) in [6.07, 6.45) is 1.73. The minimum Gasteiger partial charge on any atom is -0.496 e. The predicted molar refractivity (Wildman–Crippen MR) is 107 cm³/mol. The lowest BCUT2D eigenvalue weighted by Gasteiger charge is -2.35. The fraction of sp³-hybridized carbons (Fsp3) is 0.650. The molecule has 1 aliphatic heterocycles. The molecule has 6 nitrogen and oxygen atoms in total. The van der Waals surface area contributed by atoms with Crippen molar-refractivity contribution in [2.75, 3.05) is 40.3 Å². The monoisotopic (exact) mass is 362 g/mol. The smallest absolute Gasteiger partial charge is 0.191 e. The third kappa shape index (κ3) is 6.50. The van der Waals surface area contributed by atoms with Gasteiger partial charge in [-0.15, -0.1) is 0 Å². The minimum absolute atomic E-state index is 0.325. The summed E-state index contributed by atoms with van der Waals surface area (Å²) in [4.78, 5) is 6.78. The van der Waals surface area contributed by atoms with Gasteiger partial charge in [-0.25, -0.2) is 0 Å². The molecule has 0 aromatic heterocycles. The molecule has 0 spiro atoms. The zero-order valence-corrected chi connectivity index (χ0v) is 16.8. The van der Waals surface area contributed by atoms with Crippen LogP contribution >= 0.6 is 0 Å². The van der Waals surface area contributed by atoms with E-state index in [0.29, 0.717) is 18.8 Å². The van der Waals surface area contributed by atoms with Gasteiger partial charge in [0.05, 0.1) is 19.3 Å². The maximum atomic E-state index is 5.78. The van der Waals surface area contributed by atoms with Crippen molar-refractivity contribution in [3.63, 3.8) is 0 Å². The number of nitrogens with zero attached hydrogens (tertiary/aromatic N) is 2. The first kappa shape index (κ1) is 20.5. The van der Waals surface area contributed by atoms with Gasteiger partial charge in [-0.05, 0) is 38.8 Å². The molecule has 0 saturated carbocycles. The number of rotatable bonds is 7. The maximum absolute atomic E-state index is 5.78. The molecule has 26 heavy (non-hydrogen) atoms. The molecule has 1 heterocycles. The number of hydrogen-bond acceptors (Lipinski definition) is 4. The Hall–Kier alpha value is -1.79. The van der Waals surface area contributed by atoms with Gasteiger partial charge in [0.2, 0.25) is 0 Å². The Balaban J connectivity index is 1.71. The Morgan fingerprint density at radius 3 is 2.65 bits per heavy atom. The molecule has 0 aliphatic carbocycles. The average molecular weight is 363 g/mol. The van der Waals surface area contributed by atoms with Gasteiger partial charge in [0.25, 0.3) is 0 Å². The summed E-state index contributed by atoms with van der Waals surface area (Å²) in [7, 11) is 3.51. The number of ether oxygens (including phenoxy) is 2. The van der Waals surface area contributed by atoms with Crippen LogP contribution in [0.5, 0.6) is 5.75 Å². The molecule has 1 aromatic rings. The molecule has 6 heteroatoms. The molecule has 1 aromatic carbocycles. The average Bonchev–Trinajstić information content (AvgIpc) is 2.61. The van der Waals surface area contributed by atoms with E-state index in [9.17, 15) is 0 Å². The van der Waals surface area contributed by atoms with Crippen LogP contribution < -0.4 is 15.4 Å². The predicted octanol–water partition coefficient (Wildman–Crippen LogP) is 2.17. The third-order valence-corrected chi connectivity index (χ3v) is 4.55. The van der Waals surface area contributed by atoms with Crippen molar-refractivity contribution in [3.05, 3.63) is 29.3 Å². The second kappa shape index (κ2) is 10.4. The summed E-state index contributed by atoms with van der Waals surface area (Å²) in [6, 6.07) is 6.24. The second-order valence-corrected chi connectivity index (χ2v) is 7.04. The van der Waals surface area contributed by atoms with Gasteiger partial charge in [0, 0.05) is 45.3 Å². The number of methoxy groups -OCH3 is 1. The number of aliphatic imine (C=N–C) groups is 1. The molecular weight excluding hydrogens is 328 g/mol. The van der Waals surface area contributed by atoms with Crippen LogP contribution in [-0.4, -0.2) is 63.4 Å². The van der Waals surface area contributed by atoms with Gasteiger partial charge in [0.15, 0.2) is 5.96 Å². The van der Waals surface area contributed by atoms with E-state index in [1.165, 1.54) is 5.56 Å². The Bertz CT molecular complexity index is 581. The molecule has 0 bridgehead atoms. The van der Waals surface area contributed by atoms with E-state index in [1.54, 1.807) is 14.2 Å². The molecule has 146 valence electrons. The highest BCUT2D eigenvalue weighted by Gasteiger charge is 2.21. The molecule has 1 aliphatic rings. The van der Waals surface area contributed by atoms with Crippen molar-refractivity contribution in [1.29, 1.82) is 0 Å². The van der Waals surface area contributed by atoms with Crippen LogP contribution in [0, 0.1) is 6.92 Å². The topological polar surface area (TPSA) is 58.1 Å². The highest BCUT2D eigenvalue weighted by Crippen LogP contribution is 2.19. The molecule has 2 N–H and O–H groups in total. The van der Waals surface area contributed by atoms with Gasteiger partial charge in [-0.2, -0.15) is 0 Å². The number of guanidine groups is 1. The second-order valence-electron chi connectivity index (χ2n) is 7.04. The van der Waals surface area contributed by atoms with Crippen molar-refractivity contribution in [2.24, 2.45) is 4.99 Å². The summed E-state index contributed by atoms with van der Waals surface area (Å²) in [5.74, 6) is 1.72. The van der Waals surface area contributed by atoms with Crippen molar-refractivity contribution < 1.29 is 9.47 Å². The molecule has 2 unspecified atom stereocenters. The Labute approximate surface area is 158 Å². The Kier molecular flexibility index (Phi) is 8.19. The van der Waals surface area contributed by atoms with E-state index in [-0.39, 0.29) is 0 Å². The van der Waals surface area contributed by atoms with Gasteiger partial charge in [0.1, 0.15) is 5.75 Å². The molecule has 1 fully saturated rings. The first-order valence-electron chi connectivity index (χ1n) is 9.47. The standard InChI is InChI=1S/C20H34N4O2/c1-15-7-8-18(19(11-15)25-5)12-23-20(21-4)22-9-6-10-24-13-16(2)26-17(3)14-24/h7-8,11,16-17H,6,9-10,12-14H2,1-5H3,(H2,21,22,23). The van der Waals surface area contributed by atoms with Crippen LogP contribution in [0.4, 0.5) is 0 Å². The first-order chi connectivity index (χ1) is 12.5. The van der Waals surface area contributed by atoms with Crippen LogP contribution in [0.1, 0.15) is 31.4 Å². The maximum Gasteiger partial charge on any atom is 0.191 e. The van der Waals surface area contributed by atoms with Crippen LogP contribution in [0.25, 0.3) is 0 Å². The largest absolute Gasteiger partial charge is 0.496 e. The first-order valence-corrected chi connectivity index (χ1v) is 9.47. The number of morpholine rings is 1. The Morgan fingerprint density at radius 1 is 1.27 bits per heavy atom. The van der Waals surface area contributed by atoms with E-state index < -0.39 is 0 Å². The SMILES string of the molecule is CN=C(NCCCN1CC(C)OC(C)C1)NCc1ccc(C)cc1OC. The highest BCUT2D eigenvalue weighted by atomic mass is 16.5. The number of nitrogens with one attached hydrogen (secondary N) is 2. The number of benzene rings is 1. The summed E-state index contributed by atoms with van der Waals surface area (Å²) in [5, 5.41) is 6.75. The number of aryl methyl sites for hydroxylation is 1. The fourth-order valence-electron chi connectivity index (χ4n) is 3.37. The van der Waals surface area contributed by atoms with E-state index >= 15 is 0 Å². The Morgan fingerprint density at radius 2 is 2.00 bits per heavy atom. The zero-order valence-electron chi connectivity index (χ0n) is 16.8. The van der Waals surface area contributed by atoms with Crippen molar-refractivity contribution in [2.45, 2.75) is 45.9 Å². The van der Waals surface area contributed by atoms with E-state index in [1.807, 2.05) is 0 Å². The molecular formula is C20H34N4O2. The molecule has 0 radical (unpaired) electrons. The van der Waals surface area contributed by atoms with E-state index in [2.05, 4.69) is 59.5 Å². The van der Waals surface area contributed by atoms with Crippen LogP contribution in [0.3, 0.4) is 0 Å². The molecule has 0 amide bonds. The summed E-state index contributed by atoms with van der Waals surface area (Å²) in [6.45, 7) is 11.0. The summed E-state index contributed by atoms with van der Waals surface area (Å²) in [5.41, 5.74) is 2.32. The van der Waals surface area contributed by atoms with Gasteiger partial charge in [-0.3, -0.25) is 9.89 Å². The normalized spacial score (nSPS) is 21.5. The van der Waals surface area contributed by atoms with Crippen molar-refractivity contribution >= 4 is 5.96 Å². The van der Waals surface area contributed by atoms with Crippen molar-refractivity contribution in [1.82, 2.24) is 15.5 Å². The third-order valence-electron chi connectivity index (χ3n) is 4.55. The lowest BCUT2D eigenvalue weighted by molar-refractivity contribution is -0.0679. The molecule has 1 saturated heterocycles.